The van der Waals surface area contributed by atoms with E-state index >= 15 is 0 Å². The topological polar surface area (TPSA) is 75.7 Å². The molecular formula is C23H42N2O4. The van der Waals surface area contributed by atoms with E-state index in [1.165, 1.54) is 0 Å². The molecule has 1 saturated heterocycles. The van der Waals surface area contributed by atoms with Crippen molar-refractivity contribution in [1.82, 2.24) is 10.2 Å². The van der Waals surface area contributed by atoms with Crippen LogP contribution in [0.5, 0.6) is 0 Å². The smallest absolute Gasteiger partial charge is 0.224 e. The molecule has 0 bridgehead atoms. The largest absolute Gasteiger partial charge is 0.380 e. The zero-order valence-corrected chi connectivity index (χ0v) is 18.8. The number of likely N-dealkylation sites (tertiary alicyclic amines) is 1. The van der Waals surface area contributed by atoms with Crippen molar-refractivity contribution in [3.63, 3.8) is 0 Å². The summed E-state index contributed by atoms with van der Waals surface area (Å²) in [6, 6.07) is 0.201. The Morgan fingerprint density at radius 2 is 1.59 bits per heavy atom. The van der Waals surface area contributed by atoms with Crippen LogP contribution in [0.15, 0.2) is 0 Å². The van der Waals surface area contributed by atoms with Crippen molar-refractivity contribution < 1.29 is 20.5 Å². The molecule has 1 saturated carbocycles. The number of piperidine rings is 1. The molecule has 0 aromatic heterocycles. The number of nitrogens with zero attached hydrogens (tertiary/aromatic N) is 1. The van der Waals surface area contributed by atoms with E-state index in [1.807, 2.05) is 32.6 Å². The third-order valence-electron chi connectivity index (χ3n) is 6.62. The molecule has 1 N–H and O–H groups in total. The van der Waals surface area contributed by atoms with Crippen LogP contribution in [0.25, 0.3) is 0 Å². The SMILES string of the molecule is CC(C)NC(=O)C1CCC2(CC1)CCN(C(=O)CCOCCC(=O)C(C)C)CC2.[HH]. The molecular weight excluding hydrogens is 368 g/mol. The van der Waals surface area contributed by atoms with Crippen molar-refractivity contribution in [2.24, 2.45) is 17.3 Å². The Hall–Kier alpha value is -1.43. The number of nitrogens with one attached hydrogen (secondary N) is 1. The molecule has 2 fully saturated rings. The van der Waals surface area contributed by atoms with E-state index in [1.54, 1.807) is 0 Å². The van der Waals surface area contributed by atoms with Crippen LogP contribution in [-0.2, 0) is 19.1 Å². The molecule has 29 heavy (non-hydrogen) atoms. The van der Waals surface area contributed by atoms with E-state index in [2.05, 4.69) is 5.32 Å². The summed E-state index contributed by atoms with van der Waals surface area (Å²) in [5, 5.41) is 3.04. The van der Waals surface area contributed by atoms with E-state index in [4.69, 9.17) is 4.74 Å². The molecule has 1 aliphatic carbocycles. The van der Waals surface area contributed by atoms with Crippen LogP contribution < -0.4 is 5.32 Å². The molecule has 0 radical (unpaired) electrons. The van der Waals surface area contributed by atoms with E-state index in [-0.39, 0.29) is 36.9 Å². The zero-order valence-electron chi connectivity index (χ0n) is 18.8. The monoisotopic (exact) mass is 410 g/mol. The Balaban J connectivity index is 0.00000450. The highest BCUT2D eigenvalue weighted by Crippen LogP contribution is 2.46. The molecule has 0 aromatic rings. The molecule has 6 nitrogen and oxygen atoms in total. The number of hydrogen-bond donors (Lipinski definition) is 1. The van der Waals surface area contributed by atoms with Gasteiger partial charge in [0.05, 0.1) is 19.6 Å². The zero-order chi connectivity index (χ0) is 21.4. The fraction of sp³-hybridized carbons (Fsp3) is 0.870. The van der Waals surface area contributed by atoms with Crippen molar-refractivity contribution in [2.45, 2.75) is 85.1 Å². The summed E-state index contributed by atoms with van der Waals surface area (Å²) in [6.45, 7) is 10.2. The average molecular weight is 411 g/mol. The number of Topliss-reactive ketones (excluding diaryl/α,β-unsaturated/α-hetero) is 1. The Bertz CT molecular complexity index is 562. The molecule has 0 atom stereocenters. The molecule has 0 unspecified atom stereocenters. The van der Waals surface area contributed by atoms with Gasteiger partial charge >= 0.3 is 0 Å². The van der Waals surface area contributed by atoms with Crippen LogP contribution in [0.1, 0.15) is 80.5 Å². The van der Waals surface area contributed by atoms with Crippen molar-refractivity contribution >= 4 is 17.6 Å². The van der Waals surface area contributed by atoms with Crippen molar-refractivity contribution in [2.75, 3.05) is 26.3 Å². The van der Waals surface area contributed by atoms with E-state index < -0.39 is 0 Å². The molecule has 168 valence electrons. The molecule has 2 amide bonds. The van der Waals surface area contributed by atoms with E-state index in [0.29, 0.717) is 31.5 Å². The first-order valence-corrected chi connectivity index (χ1v) is 11.4. The van der Waals surface area contributed by atoms with Crippen molar-refractivity contribution in [3.05, 3.63) is 0 Å². The number of amides is 2. The summed E-state index contributed by atoms with van der Waals surface area (Å²) < 4.78 is 5.48. The third kappa shape index (κ3) is 7.40. The molecule has 6 heteroatoms. The summed E-state index contributed by atoms with van der Waals surface area (Å²) in [4.78, 5) is 38.2. The van der Waals surface area contributed by atoms with Gasteiger partial charge in [-0.2, -0.15) is 0 Å². The van der Waals surface area contributed by atoms with Crippen LogP contribution >= 0.6 is 0 Å². The fourth-order valence-corrected chi connectivity index (χ4v) is 4.51. The number of hydrogen-bond acceptors (Lipinski definition) is 4. The Morgan fingerprint density at radius 1 is 1.00 bits per heavy atom. The summed E-state index contributed by atoms with van der Waals surface area (Å²) in [5.74, 6) is 0.759. The first-order valence-electron chi connectivity index (χ1n) is 11.4. The van der Waals surface area contributed by atoms with Gasteiger partial charge in [-0.1, -0.05) is 13.8 Å². The molecule has 2 aliphatic rings. The van der Waals surface area contributed by atoms with Crippen LogP contribution in [-0.4, -0.2) is 54.8 Å². The van der Waals surface area contributed by atoms with Gasteiger partial charge in [0.2, 0.25) is 11.8 Å². The summed E-state index contributed by atoms with van der Waals surface area (Å²) in [6.07, 6.45) is 7.03. The van der Waals surface area contributed by atoms with Crippen LogP contribution in [0.2, 0.25) is 0 Å². The third-order valence-corrected chi connectivity index (χ3v) is 6.62. The fourth-order valence-electron chi connectivity index (χ4n) is 4.51. The van der Waals surface area contributed by atoms with Gasteiger partial charge in [-0.15, -0.1) is 0 Å². The maximum Gasteiger partial charge on any atom is 0.224 e. The Morgan fingerprint density at radius 3 is 2.14 bits per heavy atom. The van der Waals surface area contributed by atoms with Gasteiger partial charge in [0.25, 0.3) is 0 Å². The lowest BCUT2D eigenvalue weighted by atomic mass is 9.65. The predicted molar refractivity (Wildman–Crippen MR) is 115 cm³/mol. The molecule has 1 spiro atoms. The van der Waals surface area contributed by atoms with Gasteiger partial charge in [0, 0.05) is 38.8 Å². The standard InChI is InChI=1S/C23H40N2O4.H2/c1-17(2)20(26)7-15-29-16-8-21(27)25-13-11-23(12-14-25)9-5-19(6-10-23)22(28)24-18(3)4;/h17-19H,5-16H2,1-4H3,(H,24,28);1H. The highest BCUT2D eigenvalue weighted by atomic mass is 16.5. The Labute approximate surface area is 177 Å². The lowest BCUT2D eigenvalue weighted by molar-refractivity contribution is -0.135. The number of ether oxygens (including phenoxy) is 1. The first-order chi connectivity index (χ1) is 13.7. The number of carbonyl (C=O) groups is 3. The summed E-state index contributed by atoms with van der Waals surface area (Å²) >= 11 is 0. The molecule has 1 heterocycles. The first kappa shape index (κ1) is 23.8. The minimum atomic E-state index is 0. The minimum absolute atomic E-state index is 0. The summed E-state index contributed by atoms with van der Waals surface area (Å²) in [7, 11) is 0. The van der Waals surface area contributed by atoms with Crippen LogP contribution in [0, 0.1) is 17.3 Å². The van der Waals surface area contributed by atoms with Crippen molar-refractivity contribution in [3.8, 4) is 0 Å². The van der Waals surface area contributed by atoms with Crippen LogP contribution in [0.4, 0.5) is 0 Å². The van der Waals surface area contributed by atoms with Gasteiger partial charge in [-0.25, -0.2) is 0 Å². The Kier molecular flexibility index (Phi) is 9.12. The summed E-state index contributed by atoms with van der Waals surface area (Å²) in [5.41, 5.74) is 0.319. The van der Waals surface area contributed by atoms with Gasteiger partial charge in [0.15, 0.2) is 0 Å². The lowest BCUT2D eigenvalue weighted by Crippen LogP contribution is -2.46. The molecule has 1 aliphatic heterocycles. The van der Waals surface area contributed by atoms with Gasteiger partial charge in [-0.05, 0) is 57.8 Å². The average Bonchev–Trinajstić information content (AvgIpc) is 2.68. The van der Waals surface area contributed by atoms with Gasteiger partial charge in [-0.3, -0.25) is 14.4 Å². The van der Waals surface area contributed by atoms with Gasteiger partial charge < -0.3 is 15.0 Å². The second-order valence-electron chi connectivity index (χ2n) is 9.55. The maximum absolute atomic E-state index is 12.4. The van der Waals surface area contributed by atoms with Crippen molar-refractivity contribution in [1.29, 1.82) is 0 Å². The number of ketones is 1. The van der Waals surface area contributed by atoms with Crippen LogP contribution in [0.3, 0.4) is 0 Å². The molecule has 2 rings (SSSR count). The second kappa shape index (κ2) is 11.1. The molecule has 0 aromatic carbocycles. The number of rotatable bonds is 9. The normalized spacial score (nSPS) is 19.7. The lowest BCUT2D eigenvalue weighted by Gasteiger charge is -2.45. The van der Waals surface area contributed by atoms with E-state index in [0.717, 1.165) is 51.6 Å². The quantitative estimate of drug-likeness (QED) is 0.590. The number of carbonyl (C=O) groups excluding carboxylic acids is 3. The predicted octanol–water partition coefficient (Wildman–Crippen LogP) is 3.58. The van der Waals surface area contributed by atoms with E-state index in [9.17, 15) is 14.4 Å². The highest BCUT2D eigenvalue weighted by Gasteiger charge is 2.40. The minimum Gasteiger partial charge on any atom is -0.380 e. The highest BCUT2D eigenvalue weighted by molar-refractivity contribution is 5.80. The second-order valence-corrected chi connectivity index (χ2v) is 9.55. The maximum atomic E-state index is 12.4. The van der Waals surface area contributed by atoms with Gasteiger partial charge in [0.1, 0.15) is 5.78 Å².